The Balaban J connectivity index is 1.47. The van der Waals surface area contributed by atoms with E-state index in [1.54, 1.807) is 0 Å². The Hall–Kier alpha value is -1.68. The number of fused-ring (bicyclic) bond motifs is 1. The van der Waals surface area contributed by atoms with Gasteiger partial charge in [0.2, 0.25) is 0 Å². The van der Waals surface area contributed by atoms with Crippen LogP contribution in [-0.4, -0.2) is 47.5 Å². The molecule has 2 aliphatic rings. The van der Waals surface area contributed by atoms with Gasteiger partial charge in [0.1, 0.15) is 0 Å². The third-order valence-electron chi connectivity index (χ3n) is 6.91. The van der Waals surface area contributed by atoms with E-state index in [4.69, 9.17) is 0 Å². The lowest BCUT2D eigenvalue weighted by Crippen LogP contribution is -2.38. The quantitative estimate of drug-likeness (QED) is 0.805. The van der Waals surface area contributed by atoms with E-state index in [0.717, 1.165) is 19.5 Å². The van der Waals surface area contributed by atoms with Crippen LogP contribution >= 0.6 is 0 Å². The van der Waals surface area contributed by atoms with Gasteiger partial charge in [0, 0.05) is 30.5 Å². The number of piperidine rings is 1. The van der Waals surface area contributed by atoms with Crippen molar-refractivity contribution < 1.29 is 10.2 Å². The Morgan fingerprint density at radius 3 is 1.77 bits per heavy atom. The first-order valence-electron chi connectivity index (χ1n) is 9.75. The normalized spacial score (nSPS) is 25.2. The van der Waals surface area contributed by atoms with Crippen LogP contribution in [0, 0.1) is 17.3 Å². The van der Waals surface area contributed by atoms with Gasteiger partial charge in [-0.2, -0.15) is 0 Å². The molecule has 0 bridgehead atoms. The molecule has 0 amide bonds. The summed E-state index contributed by atoms with van der Waals surface area (Å²) in [6, 6.07) is 22.0. The van der Waals surface area contributed by atoms with Gasteiger partial charge in [0.05, 0.1) is 13.2 Å². The average molecular weight is 351 g/mol. The van der Waals surface area contributed by atoms with Crippen LogP contribution in [-0.2, 0) is 0 Å². The Bertz CT molecular complexity index is 660. The monoisotopic (exact) mass is 351 g/mol. The molecule has 1 aliphatic heterocycles. The van der Waals surface area contributed by atoms with Crippen molar-refractivity contribution in [2.24, 2.45) is 17.3 Å². The summed E-state index contributed by atoms with van der Waals surface area (Å²) in [4.78, 5) is 2.55. The molecule has 1 saturated heterocycles. The molecule has 3 unspecified atom stereocenters. The SMILES string of the molecule is CC(CC(c1ccccc1)c1ccccc1)N1CC2C(C1)C2(CO)CO. The largest absolute Gasteiger partial charge is 0.396 e. The van der Waals surface area contributed by atoms with Gasteiger partial charge >= 0.3 is 0 Å². The maximum atomic E-state index is 9.65. The van der Waals surface area contributed by atoms with Crippen LogP contribution < -0.4 is 0 Å². The first-order valence-corrected chi connectivity index (χ1v) is 9.75. The topological polar surface area (TPSA) is 43.7 Å². The van der Waals surface area contributed by atoms with Crippen LogP contribution in [0.4, 0.5) is 0 Å². The molecule has 3 nitrogen and oxygen atoms in total. The first-order chi connectivity index (χ1) is 12.7. The second kappa shape index (κ2) is 7.15. The van der Waals surface area contributed by atoms with Gasteiger partial charge in [-0.1, -0.05) is 60.7 Å². The zero-order valence-electron chi connectivity index (χ0n) is 15.5. The molecule has 0 spiro atoms. The number of aliphatic hydroxyl groups excluding tert-OH is 2. The predicted molar refractivity (Wildman–Crippen MR) is 104 cm³/mol. The van der Waals surface area contributed by atoms with Crippen LogP contribution in [0.1, 0.15) is 30.4 Å². The number of likely N-dealkylation sites (tertiary alicyclic amines) is 1. The highest BCUT2D eigenvalue weighted by Gasteiger charge is 2.67. The molecular weight excluding hydrogens is 322 g/mol. The summed E-state index contributed by atoms with van der Waals surface area (Å²) >= 11 is 0. The molecule has 2 fully saturated rings. The number of aliphatic hydroxyl groups is 2. The molecule has 0 radical (unpaired) electrons. The molecule has 3 heteroatoms. The van der Waals surface area contributed by atoms with Crippen LogP contribution in [0.15, 0.2) is 60.7 Å². The molecule has 2 aromatic carbocycles. The number of hydrogen-bond donors (Lipinski definition) is 2. The van der Waals surface area contributed by atoms with E-state index < -0.39 is 0 Å². The molecule has 2 N–H and O–H groups in total. The summed E-state index contributed by atoms with van der Waals surface area (Å²) < 4.78 is 0. The molecule has 0 aromatic heterocycles. The Morgan fingerprint density at radius 1 is 0.885 bits per heavy atom. The number of benzene rings is 2. The molecule has 3 atom stereocenters. The fourth-order valence-corrected chi connectivity index (χ4v) is 5.07. The minimum Gasteiger partial charge on any atom is -0.396 e. The van der Waals surface area contributed by atoms with Crippen molar-refractivity contribution in [2.45, 2.75) is 25.3 Å². The molecule has 1 heterocycles. The van der Waals surface area contributed by atoms with E-state index in [1.807, 2.05) is 0 Å². The van der Waals surface area contributed by atoms with Crippen molar-refractivity contribution in [3.63, 3.8) is 0 Å². The third kappa shape index (κ3) is 2.98. The number of rotatable bonds is 7. The van der Waals surface area contributed by atoms with E-state index in [-0.39, 0.29) is 18.6 Å². The minimum absolute atomic E-state index is 0.123. The highest BCUT2D eigenvalue weighted by Crippen LogP contribution is 2.62. The second-order valence-electron chi connectivity index (χ2n) is 8.17. The Morgan fingerprint density at radius 2 is 1.35 bits per heavy atom. The zero-order chi connectivity index (χ0) is 18.1. The van der Waals surface area contributed by atoms with Crippen molar-refractivity contribution in [2.75, 3.05) is 26.3 Å². The third-order valence-corrected chi connectivity index (χ3v) is 6.91. The van der Waals surface area contributed by atoms with Crippen LogP contribution in [0.2, 0.25) is 0 Å². The smallest absolute Gasteiger partial charge is 0.0515 e. The van der Waals surface area contributed by atoms with E-state index in [2.05, 4.69) is 72.5 Å². The summed E-state index contributed by atoms with van der Waals surface area (Å²) in [7, 11) is 0. The van der Waals surface area contributed by atoms with E-state index in [1.165, 1.54) is 11.1 Å². The minimum atomic E-state index is -0.200. The summed E-state index contributed by atoms with van der Waals surface area (Å²) in [6.07, 6.45) is 1.08. The highest BCUT2D eigenvalue weighted by atomic mass is 16.3. The van der Waals surface area contributed by atoms with Crippen LogP contribution in [0.3, 0.4) is 0 Å². The van der Waals surface area contributed by atoms with E-state index in [0.29, 0.717) is 23.8 Å². The van der Waals surface area contributed by atoms with Crippen LogP contribution in [0.5, 0.6) is 0 Å². The Labute approximate surface area is 156 Å². The van der Waals surface area contributed by atoms with E-state index >= 15 is 0 Å². The van der Waals surface area contributed by atoms with Gasteiger partial charge in [-0.15, -0.1) is 0 Å². The fourth-order valence-electron chi connectivity index (χ4n) is 5.07. The van der Waals surface area contributed by atoms with Gasteiger partial charge in [-0.3, -0.25) is 0 Å². The molecule has 1 saturated carbocycles. The first kappa shape index (κ1) is 17.7. The van der Waals surface area contributed by atoms with E-state index in [9.17, 15) is 10.2 Å². The molecule has 4 rings (SSSR count). The highest BCUT2D eigenvalue weighted by molar-refractivity contribution is 5.32. The van der Waals surface area contributed by atoms with Crippen molar-refractivity contribution in [3.05, 3.63) is 71.8 Å². The summed E-state index contributed by atoms with van der Waals surface area (Å²) in [6.45, 7) is 4.57. The van der Waals surface area contributed by atoms with Crippen molar-refractivity contribution in [3.8, 4) is 0 Å². The van der Waals surface area contributed by atoms with Gasteiger partial charge in [0.25, 0.3) is 0 Å². The summed E-state index contributed by atoms with van der Waals surface area (Å²) in [5.74, 6) is 1.32. The molecule has 1 aliphatic carbocycles. The maximum Gasteiger partial charge on any atom is 0.0515 e. The molecule has 138 valence electrons. The molecule has 2 aromatic rings. The van der Waals surface area contributed by atoms with Crippen molar-refractivity contribution in [1.82, 2.24) is 4.90 Å². The van der Waals surface area contributed by atoms with Gasteiger partial charge in [-0.25, -0.2) is 0 Å². The number of hydrogen-bond acceptors (Lipinski definition) is 3. The average Bonchev–Trinajstić information content (AvgIpc) is 3.06. The summed E-state index contributed by atoms with van der Waals surface area (Å²) in [5, 5.41) is 19.3. The fraction of sp³-hybridized carbons (Fsp3) is 0.478. The lowest BCUT2D eigenvalue weighted by molar-refractivity contribution is 0.0784. The lowest BCUT2D eigenvalue weighted by atomic mass is 9.86. The van der Waals surface area contributed by atoms with Gasteiger partial charge in [-0.05, 0) is 36.3 Å². The predicted octanol–water partition coefficient (Wildman–Crippen LogP) is 3.13. The zero-order valence-corrected chi connectivity index (χ0v) is 15.5. The standard InChI is InChI=1S/C23H29NO2/c1-17(24-13-21-22(14-24)23(21,15-25)16-26)12-20(18-8-4-2-5-9-18)19-10-6-3-7-11-19/h2-11,17,20-22,25-26H,12-16H2,1H3. The summed E-state index contributed by atoms with van der Waals surface area (Å²) in [5.41, 5.74) is 2.54. The molecular formula is C23H29NO2. The maximum absolute atomic E-state index is 9.65. The van der Waals surface area contributed by atoms with Crippen molar-refractivity contribution in [1.29, 1.82) is 0 Å². The lowest BCUT2D eigenvalue weighted by Gasteiger charge is -2.32. The Kier molecular flexibility index (Phi) is 4.87. The van der Waals surface area contributed by atoms with Crippen molar-refractivity contribution >= 4 is 0 Å². The number of nitrogens with zero attached hydrogens (tertiary/aromatic N) is 1. The van der Waals surface area contributed by atoms with Crippen LogP contribution in [0.25, 0.3) is 0 Å². The van der Waals surface area contributed by atoms with Gasteiger partial charge in [0.15, 0.2) is 0 Å². The van der Waals surface area contributed by atoms with Gasteiger partial charge < -0.3 is 15.1 Å². The molecule has 26 heavy (non-hydrogen) atoms. The second-order valence-corrected chi connectivity index (χ2v) is 8.17.